The topological polar surface area (TPSA) is 148 Å². The molecule has 2 aliphatic rings. The van der Waals surface area contributed by atoms with E-state index in [2.05, 4.69) is 27.0 Å². The molecule has 0 radical (unpaired) electrons. The third-order valence-corrected chi connectivity index (χ3v) is 5.88. The highest BCUT2D eigenvalue weighted by Gasteiger charge is 2.29. The zero-order valence-electron chi connectivity index (χ0n) is 20.8. The van der Waals surface area contributed by atoms with Gasteiger partial charge in [-0.1, -0.05) is 12.1 Å². The highest BCUT2D eigenvalue weighted by molar-refractivity contribution is 6.05. The van der Waals surface area contributed by atoms with Crippen molar-refractivity contribution in [1.29, 1.82) is 5.26 Å². The fourth-order valence-electron chi connectivity index (χ4n) is 3.83. The van der Waals surface area contributed by atoms with Crippen molar-refractivity contribution in [2.75, 3.05) is 32.8 Å². The fraction of sp³-hybridized carbons (Fsp3) is 0.385. The minimum absolute atomic E-state index is 0.0277. The normalized spacial score (nSPS) is 15.0. The number of aliphatic hydroxyl groups excluding tert-OH is 1. The van der Waals surface area contributed by atoms with Gasteiger partial charge in [0.2, 0.25) is 11.9 Å². The Balaban J connectivity index is 1.17. The molecule has 1 saturated heterocycles. The van der Waals surface area contributed by atoms with Crippen LogP contribution in [-0.2, 0) is 16.1 Å². The van der Waals surface area contributed by atoms with Crippen LogP contribution in [0.15, 0.2) is 47.5 Å². The van der Waals surface area contributed by atoms with E-state index in [0.29, 0.717) is 36.1 Å². The summed E-state index contributed by atoms with van der Waals surface area (Å²) in [6, 6.07) is 14.3. The molecule has 0 spiro atoms. The van der Waals surface area contributed by atoms with Crippen molar-refractivity contribution < 1.29 is 24.2 Å². The number of fused-ring (bicyclic) bond motifs is 2. The Hall–Kier alpha value is -4.14. The van der Waals surface area contributed by atoms with Crippen molar-refractivity contribution in [3.05, 3.63) is 53.6 Å². The largest absolute Gasteiger partial charge is 0.489 e. The number of carbonyl (C=O) groups is 2. The fourth-order valence-corrected chi connectivity index (χ4v) is 3.83. The minimum atomic E-state index is -0.802. The average molecular weight is 507 g/mol. The molecule has 0 saturated carbocycles. The molecule has 0 bridgehead atoms. The van der Waals surface area contributed by atoms with E-state index < -0.39 is 11.6 Å². The average Bonchev–Trinajstić information content (AvgIpc) is 3.25. The van der Waals surface area contributed by atoms with Gasteiger partial charge in [-0.05, 0) is 44.2 Å². The Morgan fingerprint density at radius 2 is 2.08 bits per heavy atom. The highest BCUT2D eigenvalue weighted by atomic mass is 16.5. The third kappa shape index (κ3) is 6.97. The molecule has 194 valence electrons. The van der Waals surface area contributed by atoms with E-state index in [9.17, 15) is 14.7 Å². The van der Waals surface area contributed by atoms with Gasteiger partial charge in [0.25, 0.3) is 5.91 Å². The van der Waals surface area contributed by atoms with Gasteiger partial charge in [-0.2, -0.15) is 5.26 Å². The molecule has 2 aromatic carbocycles. The first-order valence-electron chi connectivity index (χ1n) is 11.9. The minimum Gasteiger partial charge on any atom is -0.489 e. The van der Waals surface area contributed by atoms with E-state index in [1.807, 2.05) is 24.8 Å². The van der Waals surface area contributed by atoms with Gasteiger partial charge >= 0.3 is 0 Å². The lowest BCUT2D eigenvalue weighted by Crippen LogP contribution is -2.52. The Kier molecular flexibility index (Phi) is 7.91. The van der Waals surface area contributed by atoms with Crippen LogP contribution in [0.1, 0.15) is 25.0 Å². The number of nitrogens with zero attached hydrogens (tertiary/aromatic N) is 3. The number of carbonyl (C=O) groups excluding carboxylic acids is 2. The number of nitriles is 1. The van der Waals surface area contributed by atoms with Crippen LogP contribution < -0.4 is 25.4 Å². The number of ether oxygens (including phenoxy) is 2. The number of aliphatic hydroxyl groups is 1. The Labute approximate surface area is 215 Å². The van der Waals surface area contributed by atoms with Crippen LogP contribution in [0.3, 0.4) is 0 Å². The number of guanidine groups is 1. The summed E-state index contributed by atoms with van der Waals surface area (Å²) in [6.07, 6.45) is -0.802. The van der Waals surface area contributed by atoms with E-state index in [0.717, 1.165) is 11.3 Å². The molecule has 11 nitrogen and oxygen atoms in total. The first kappa shape index (κ1) is 25.9. The number of hydrogen-bond acceptors (Lipinski definition) is 9. The number of aliphatic imine (C=N–C) groups is 1. The van der Waals surface area contributed by atoms with Crippen molar-refractivity contribution >= 4 is 23.5 Å². The second-order valence-corrected chi connectivity index (χ2v) is 9.53. The number of hydrogen-bond donors (Lipinski definition) is 4. The van der Waals surface area contributed by atoms with Gasteiger partial charge in [0.15, 0.2) is 6.61 Å². The standard InChI is InChI=1S/C26H30N6O5/c1-26(2,29-11-19(33)14-37-22-6-4-3-5-17(22)10-27)16-28-24(35)15-36-20-7-8-21-18(9-20)12-32-13-23(34)31-25(32)30-21/h3-9,19,29,33H,11-16H2,1-2H3,(H,28,35)(H,30,31,34)/t19-/m0/s1. The smallest absolute Gasteiger partial charge is 0.258 e. The Bertz CT molecular complexity index is 1240. The monoisotopic (exact) mass is 506 g/mol. The van der Waals surface area contributed by atoms with Crippen molar-refractivity contribution in [2.24, 2.45) is 4.99 Å². The Morgan fingerprint density at radius 1 is 1.27 bits per heavy atom. The summed E-state index contributed by atoms with van der Waals surface area (Å²) in [5.41, 5.74) is 1.60. The summed E-state index contributed by atoms with van der Waals surface area (Å²) >= 11 is 0. The molecular formula is C26H30N6O5. The molecule has 4 rings (SSSR count). The summed E-state index contributed by atoms with van der Waals surface area (Å²) < 4.78 is 11.2. The molecule has 11 heteroatoms. The Morgan fingerprint density at radius 3 is 2.89 bits per heavy atom. The molecule has 1 fully saturated rings. The highest BCUT2D eigenvalue weighted by Crippen LogP contribution is 2.30. The number of amides is 2. The van der Waals surface area contributed by atoms with Crippen LogP contribution in [0.2, 0.25) is 0 Å². The number of rotatable bonds is 11. The first-order valence-corrected chi connectivity index (χ1v) is 11.9. The van der Waals surface area contributed by atoms with E-state index in [1.165, 1.54) is 0 Å². The van der Waals surface area contributed by atoms with Gasteiger partial charge in [0.1, 0.15) is 36.8 Å². The molecular weight excluding hydrogens is 476 g/mol. The molecule has 0 unspecified atom stereocenters. The summed E-state index contributed by atoms with van der Waals surface area (Å²) in [7, 11) is 0. The zero-order valence-corrected chi connectivity index (χ0v) is 20.8. The zero-order chi connectivity index (χ0) is 26.4. The third-order valence-electron chi connectivity index (χ3n) is 5.88. The lowest BCUT2D eigenvalue weighted by molar-refractivity contribution is -0.123. The lowest BCUT2D eigenvalue weighted by Gasteiger charge is -2.28. The number of para-hydroxylation sites is 1. The van der Waals surface area contributed by atoms with Crippen LogP contribution in [-0.4, -0.2) is 72.3 Å². The van der Waals surface area contributed by atoms with Gasteiger partial charge in [0, 0.05) is 30.7 Å². The van der Waals surface area contributed by atoms with Gasteiger partial charge < -0.3 is 30.1 Å². The molecule has 2 heterocycles. The first-order chi connectivity index (χ1) is 17.7. The number of benzene rings is 2. The van der Waals surface area contributed by atoms with Crippen LogP contribution >= 0.6 is 0 Å². The summed E-state index contributed by atoms with van der Waals surface area (Å²) in [4.78, 5) is 30.2. The van der Waals surface area contributed by atoms with Gasteiger partial charge in [0.05, 0.1) is 11.3 Å². The molecule has 0 aromatic heterocycles. The van der Waals surface area contributed by atoms with Gasteiger partial charge in [-0.15, -0.1) is 0 Å². The molecule has 2 aromatic rings. The summed E-state index contributed by atoms with van der Waals surface area (Å²) in [6.45, 7) is 5.06. The molecule has 2 aliphatic heterocycles. The maximum atomic E-state index is 12.4. The van der Waals surface area contributed by atoms with E-state index >= 15 is 0 Å². The van der Waals surface area contributed by atoms with E-state index in [4.69, 9.17) is 14.7 Å². The molecule has 0 aliphatic carbocycles. The second kappa shape index (κ2) is 11.3. The summed E-state index contributed by atoms with van der Waals surface area (Å²) in [5, 5.41) is 28.2. The maximum absolute atomic E-state index is 12.4. The van der Waals surface area contributed by atoms with Crippen molar-refractivity contribution in [2.45, 2.75) is 32.0 Å². The van der Waals surface area contributed by atoms with E-state index in [1.54, 1.807) is 36.4 Å². The van der Waals surface area contributed by atoms with E-state index in [-0.39, 0.29) is 38.1 Å². The summed E-state index contributed by atoms with van der Waals surface area (Å²) in [5.74, 6) is 1.17. The SMILES string of the molecule is CC(C)(CNC(=O)COc1ccc2c(c1)CN1CC(=O)NC1=N2)NC[C@H](O)COc1ccccc1C#N. The van der Waals surface area contributed by atoms with Gasteiger partial charge in [-0.25, -0.2) is 4.99 Å². The van der Waals surface area contributed by atoms with Crippen LogP contribution in [0.4, 0.5) is 5.69 Å². The van der Waals surface area contributed by atoms with Crippen molar-refractivity contribution in [3.63, 3.8) is 0 Å². The van der Waals surface area contributed by atoms with Crippen LogP contribution in [0.5, 0.6) is 11.5 Å². The molecule has 4 N–H and O–H groups in total. The molecule has 37 heavy (non-hydrogen) atoms. The van der Waals surface area contributed by atoms with Crippen molar-refractivity contribution in [1.82, 2.24) is 20.9 Å². The maximum Gasteiger partial charge on any atom is 0.258 e. The molecule has 1 atom stereocenters. The lowest BCUT2D eigenvalue weighted by atomic mass is 10.1. The van der Waals surface area contributed by atoms with Crippen LogP contribution in [0, 0.1) is 11.3 Å². The predicted molar refractivity (Wildman–Crippen MR) is 135 cm³/mol. The quantitative estimate of drug-likeness (QED) is 0.350. The predicted octanol–water partition coefficient (Wildman–Crippen LogP) is 0.794. The van der Waals surface area contributed by atoms with Crippen molar-refractivity contribution in [3.8, 4) is 17.6 Å². The van der Waals surface area contributed by atoms with Gasteiger partial charge in [-0.3, -0.25) is 14.9 Å². The number of nitrogens with one attached hydrogen (secondary N) is 3. The number of β-amino-alcohol motifs (C(OH)–C–C–N with tert-alkyl or cyclic N) is 1. The van der Waals surface area contributed by atoms with Crippen LogP contribution in [0.25, 0.3) is 0 Å². The second-order valence-electron chi connectivity index (χ2n) is 9.53. The molecule has 2 amide bonds.